The zero-order valence-electron chi connectivity index (χ0n) is 21.4. The standard InChI is InChI=1S/C27H33FN6O3/c1-27(2,3)37-26(36)33-13-5-8-23(33)17-30-25(35)20-9-10-24(29-15-20)21-16-32-34(18-21)31-12-11-19-6-4-7-22(28)14-19/h4,6-7,9-10,14-16,18,23,31H,5,8,11-13,17H2,1-3H3,(H,30,35)/t23-/m1/s1. The summed E-state index contributed by atoms with van der Waals surface area (Å²) in [5.41, 5.74) is 5.41. The number of carbonyl (C=O) groups is 2. The van der Waals surface area contributed by atoms with Crippen molar-refractivity contribution >= 4 is 12.0 Å². The monoisotopic (exact) mass is 508 g/mol. The molecule has 3 aromatic rings. The quantitative estimate of drug-likeness (QED) is 0.477. The van der Waals surface area contributed by atoms with Gasteiger partial charge in [0.2, 0.25) is 0 Å². The van der Waals surface area contributed by atoms with Crippen molar-refractivity contribution in [1.29, 1.82) is 0 Å². The number of nitrogens with one attached hydrogen (secondary N) is 2. The van der Waals surface area contributed by atoms with Gasteiger partial charge in [0.1, 0.15) is 11.4 Å². The number of amides is 2. The number of nitrogens with zero attached hydrogens (tertiary/aromatic N) is 4. The molecule has 3 heterocycles. The Balaban J connectivity index is 1.27. The number of carbonyl (C=O) groups excluding carboxylic acids is 2. The highest BCUT2D eigenvalue weighted by molar-refractivity contribution is 5.94. The molecule has 0 saturated carbocycles. The molecule has 0 aliphatic carbocycles. The van der Waals surface area contributed by atoms with E-state index in [2.05, 4.69) is 20.8 Å². The van der Waals surface area contributed by atoms with Gasteiger partial charge in [-0.2, -0.15) is 9.89 Å². The Bertz CT molecular complexity index is 1220. The summed E-state index contributed by atoms with van der Waals surface area (Å²) >= 11 is 0. The third-order valence-corrected chi connectivity index (χ3v) is 5.98. The van der Waals surface area contributed by atoms with Gasteiger partial charge < -0.3 is 20.4 Å². The van der Waals surface area contributed by atoms with Gasteiger partial charge in [-0.25, -0.2) is 9.18 Å². The fraction of sp³-hybridized carbons (Fsp3) is 0.407. The molecule has 0 radical (unpaired) electrons. The first kappa shape index (κ1) is 26.1. The van der Waals surface area contributed by atoms with Crippen LogP contribution in [0, 0.1) is 5.82 Å². The molecule has 1 fully saturated rings. The molecule has 2 aromatic heterocycles. The number of hydrogen-bond acceptors (Lipinski definition) is 6. The largest absolute Gasteiger partial charge is 0.444 e. The van der Waals surface area contributed by atoms with Crippen LogP contribution >= 0.6 is 0 Å². The van der Waals surface area contributed by atoms with Crippen LogP contribution in [0.5, 0.6) is 0 Å². The minimum Gasteiger partial charge on any atom is -0.444 e. The van der Waals surface area contributed by atoms with Crippen molar-refractivity contribution in [3.8, 4) is 11.3 Å². The molecule has 10 heteroatoms. The number of likely N-dealkylation sites (tertiary alicyclic amines) is 1. The lowest BCUT2D eigenvalue weighted by molar-refractivity contribution is 0.0225. The number of aromatic nitrogens is 3. The van der Waals surface area contributed by atoms with Crippen LogP contribution in [0.1, 0.15) is 49.5 Å². The van der Waals surface area contributed by atoms with Crippen molar-refractivity contribution in [1.82, 2.24) is 25.1 Å². The highest BCUT2D eigenvalue weighted by Crippen LogP contribution is 2.21. The van der Waals surface area contributed by atoms with E-state index in [-0.39, 0.29) is 23.9 Å². The number of ether oxygens (including phenoxy) is 1. The summed E-state index contributed by atoms with van der Waals surface area (Å²) in [6.45, 7) is 7.08. The Kier molecular flexibility index (Phi) is 8.05. The molecule has 37 heavy (non-hydrogen) atoms. The molecule has 0 unspecified atom stereocenters. The first-order valence-electron chi connectivity index (χ1n) is 12.5. The molecule has 9 nitrogen and oxygen atoms in total. The van der Waals surface area contributed by atoms with Crippen molar-refractivity contribution < 1.29 is 18.7 Å². The predicted molar refractivity (Wildman–Crippen MR) is 138 cm³/mol. The first-order chi connectivity index (χ1) is 17.7. The Morgan fingerprint density at radius 1 is 1.19 bits per heavy atom. The molecular weight excluding hydrogens is 475 g/mol. The fourth-order valence-electron chi connectivity index (χ4n) is 4.17. The van der Waals surface area contributed by atoms with Crippen molar-refractivity contribution in [3.63, 3.8) is 0 Å². The van der Waals surface area contributed by atoms with E-state index < -0.39 is 5.60 Å². The molecule has 2 amide bonds. The molecule has 2 N–H and O–H groups in total. The van der Waals surface area contributed by atoms with Gasteiger partial charge in [-0.1, -0.05) is 12.1 Å². The van der Waals surface area contributed by atoms with Crippen LogP contribution < -0.4 is 10.7 Å². The maximum atomic E-state index is 13.3. The van der Waals surface area contributed by atoms with Crippen LogP contribution in [0.4, 0.5) is 9.18 Å². The molecule has 1 saturated heterocycles. The molecule has 1 aliphatic heterocycles. The number of pyridine rings is 1. The number of hydrogen-bond donors (Lipinski definition) is 2. The molecule has 196 valence electrons. The van der Waals surface area contributed by atoms with E-state index >= 15 is 0 Å². The lowest BCUT2D eigenvalue weighted by atomic mass is 10.1. The maximum absolute atomic E-state index is 13.3. The highest BCUT2D eigenvalue weighted by Gasteiger charge is 2.32. The summed E-state index contributed by atoms with van der Waals surface area (Å²) in [6, 6.07) is 9.91. The topological polar surface area (TPSA) is 101 Å². The lowest BCUT2D eigenvalue weighted by Gasteiger charge is -2.28. The van der Waals surface area contributed by atoms with E-state index in [1.165, 1.54) is 18.3 Å². The van der Waals surface area contributed by atoms with E-state index in [1.807, 2.05) is 26.8 Å². The zero-order chi connectivity index (χ0) is 26.4. The summed E-state index contributed by atoms with van der Waals surface area (Å²) in [7, 11) is 0. The number of benzene rings is 1. The molecule has 1 atom stereocenters. The molecule has 4 rings (SSSR count). The third-order valence-electron chi connectivity index (χ3n) is 5.98. The van der Waals surface area contributed by atoms with Gasteiger partial charge in [0.25, 0.3) is 5.91 Å². The van der Waals surface area contributed by atoms with Gasteiger partial charge in [-0.15, -0.1) is 0 Å². The Morgan fingerprint density at radius 2 is 2.03 bits per heavy atom. The van der Waals surface area contributed by atoms with Crippen LogP contribution in [-0.4, -0.2) is 63.1 Å². The molecule has 0 bridgehead atoms. The van der Waals surface area contributed by atoms with Crippen molar-refractivity contribution in [2.75, 3.05) is 25.1 Å². The smallest absolute Gasteiger partial charge is 0.410 e. The summed E-state index contributed by atoms with van der Waals surface area (Å²) < 4.78 is 18.8. The second-order valence-electron chi connectivity index (χ2n) is 10.1. The molecular formula is C27H33FN6O3. The van der Waals surface area contributed by atoms with Gasteiger partial charge >= 0.3 is 6.09 Å². The van der Waals surface area contributed by atoms with Gasteiger partial charge in [-0.05, 0) is 69.9 Å². The van der Waals surface area contributed by atoms with E-state index in [0.717, 1.165) is 24.0 Å². The molecule has 0 spiro atoms. The number of rotatable bonds is 8. The summed E-state index contributed by atoms with van der Waals surface area (Å²) in [6.07, 6.45) is 7.02. The van der Waals surface area contributed by atoms with Crippen LogP contribution in [0.15, 0.2) is 55.0 Å². The summed E-state index contributed by atoms with van der Waals surface area (Å²) in [5, 5.41) is 7.20. The second-order valence-corrected chi connectivity index (χ2v) is 10.1. The van der Waals surface area contributed by atoms with Crippen LogP contribution in [0.2, 0.25) is 0 Å². The van der Waals surface area contributed by atoms with E-state index in [1.54, 1.807) is 40.3 Å². The number of halogens is 1. The van der Waals surface area contributed by atoms with Crippen LogP contribution in [0.3, 0.4) is 0 Å². The van der Waals surface area contributed by atoms with Crippen molar-refractivity contribution in [2.24, 2.45) is 0 Å². The Morgan fingerprint density at radius 3 is 2.76 bits per heavy atom. The first-order valence-corrected chi connectivity index (χ1v) is 12.5. The third kappa shape index (κ3) is 7.28. The van der Waals surface area contributed by atoms with Gasteiger partial charge in [-0.3, -0.25) is 9.78 Å². The van der Waals surface area contributed by atoms with Crippen LogP contribution in [-0.2, 0) is 11.2 Å². The minimum atomic E-state index is -0.559. The van der Waals surface area contributed by atoms with Crippen molar-refractivity contribution in [2.45, 2.75) is 51.7 Å². The van der Waals surface area contributed by atoms with Gasteiger partial charge in [0.15, 0.2) is 0 Å². The molecule has 1 aliphatic rings. The van der Waals surface area contributed by atoms with Gasteiger partial charge in [0, 0.05) is 31.4 Å². The van der Waals surface area contributed by atoms with Gasteiger partial charge in [0.05, 0.1) is 29.7 Å². The summed E-state index contributed by atoms with van der Waals surface area (Å²) in [4.78, 5) is 32.8. The van der Waals surface area contributed by atoms with E-state index in [0.29, 0.717) is 37.3 Å². The van der Waals surface area contributed by atoms with E-state index in [4.69, 9.17) is 4.74 Å². The average Bonchev–Trinajstić information content (AvgIpc) is 3.52. The highest BCUT2D eigenvalue weighted by atomic mass is 19.1. The molecule has 1 aromatic carbocycles. The normalized spacial score (nSPS) is 15.5. The zero-order valence-corrected chi connectivity index (χ0v) is 21.4. The minimum absolute atomic E-state index is 0.0923. The second kappa shape index (κ2) is 11.4. The van der Waals surface area contributed by atoms with E-state index in [9.17, 15) is 14.0 Å². The maximum Gasteiger partial charge on any atom is 0.410 e. The van der Waals surface area contributed by atoms with Crippen LogP contribution in [0.25, 0.3) is 11.3 Å². The Labute approximate surface area is 216 Å². The average molecular weight is 509 g/mol. The SMILES string of the molecule is CC(C)(C)OC(=O)N1CCC[C@@H]1CNC(=O)c1ccc(-c2cnn(NCCc3cccc(F)c3)c2)nc1. The Hall–Kier alpha value is -3.95. The predicted octanol–water partition coefficient (Wildman–Crippen LogP) is 4.00. The lowest BCUT2D eigenvalue weighted by Crippen LogP contribution is -2.45. The van der Waals surface area contributed by atoms with Crippen molar-refractivity contribution in [3.05, 3.63) is 71.9 Å². The summed E-state index contributed by atoms with van der Waals surface area (Å²) in [5.74, 6) is -0.492. The fourth-order valence-corrected chi connectivity index (χ4v) is 4.17.